The van der Waals surface area contributed by atoms with E-state index in [0.717, 1.165) is 70.6 Å². The molecular formula is C51H88O6. The molecule has 0 aliphatic carbocycles. The summed E-state index contributed by atoms with van der Waals surface area (Å²) in [5.41, 5.74) is 0. The van der Waals surface area contributed by atoms with E-state index in [4.69, 9.17) is 14.2 Å². The lowest BCUT2D eigenvalue weighted by Gasteiger charge is -2.18. The van der Waals surface area contributed by atoms with Gasteiger partial charge in [0.05, 0.1) is 0 Å². The van der Waals surface area contributed by atoms with Crippen molar-refractivity contribution >= 4 is 17.9 Å². The molecule has 0 aromatic rings. The van der Waals surface area contributed by atoms with Crippen molar-refractivity contribution in [2.24, 2.45) is 0 Å². The van der Waals surface area contributed by atoms with E-state index in [-0.39, 0.29) is 31.1 Å². The molecule has 0 aliphatic heterocycles. The standard InChI is InChI=1S/C51H88O6/c1-4-7-10-13-16-19-22-24-26-28-29-32-35-38-41-44-50(53)56-47-48(46-55-49(52)43-40-37-34-31-21-18-15-12-9-6-3)57-51(54)45-42-39-36-33-30-27-25-23-20-17-14-11-8-5-2/h7,10,13,16,19,22,24,26,28-29,48H,4-6,8-9,11-12,14-15,17-18,20-21,23,25,27,30-47H2,1-3H3/b10-7-,16-13-,22-19-,26-24-,29-28-. The van der Waals surface area contributed by atoms with Crippen molar-refractivity contribution in [2.45, 2.75) is 232 Å². The van der Waals surface area contributed by atoms with Gasteiger partial charge >= 0.3 is 17.9 Å². The Morgan fingerprint density at radius 2 is 0.684 bits per heavy atom. The second-order valence-electron chi connectivity index (χ2n) is 15.8. The summed E-state index contributed by atoms with van der Waals surface area (Å²) in [5, 5.41) is 0. The number of unbranched alkanes of at least 4 members (excludes halogenated alkanes) is 25. The molecule has 0 aromatic heterocycles. The van der Waals surface area contributed by atoms with Gasteiger partial charge in [-0.1, -0.05) is 229 Å². The van der Waals surface area contributed by atoms with Gasteiger partial charge in [0.1, 0.15) is 13.2 Å². The van der Waals surface area contributed by atoms with Crippen LogP contribution in [0.3, 0.4) is 0 Å². The molecule has 0 aliphatic rings. The fourth-order valence-corrected chi connectivity index (χ4v) is 6.58. The minimum Gasteiger partial charge on any atom is -0.462 e. The fraction of sp³-hybridized carbons (Fsp3) is 0.745. The largest absolute Gasteiger partial charge is 0.462 e. The minimum atomic E-state index is -0.785. The van der Waals surface area contributed by atoms with Gasteiger partial charge in [0.25, 0.3) is 0 Å². The zero-order valence-corrected chi connectivity index (χ0v) is 37.3. The number of hydrogen-bond acceptors (Lipinski definition) is 6. The van der Waals surface area contributed by atoms with E-state index in [1.807, 2.05) is 48.6 Å². The molecular weight excluding hydrogens is 709 g/mol. The number of carbonyl (C=O) groups excluding carboxylic acids is 3. The van der Waals surface area contributed by atoms with Crippen molar-refractivity contribution in [3.05, 3.63) is 60.8 Å². The van der Waals surface area contributed by atoms with E-state index in [1.165, 1.54) is 116 Å². The van der Waals surface area contributed by atoms with Crippen LogP contribution in [0, 0.1) is 0 Å². The molecule has 0 spiro atoms. The molecule has 1 atom stereocenters. The van der Waals surface area contributed by atoms with Gasteiger partial charge in [0.15, 0.2) is 6.10 Å². The van der Waals surface area contributed by atoms with Gasteiger partial charge in [0.2, 0.25) is 0 Å². The van der Waals surface area contributed by atoms with Crippen LogP contribution in [0.2, 0.25) is 0 Å². The van der Waals surface area contributed by atoms with Crippen molar-refractivity contribution < 1.29 is 28.6 Å². The zero-order valence-electron chi connectivity index (χ0n) is 37.3. The third-order valence-electron chi connectivity index (χ3n) is 10.2. The van der Waals surface area contributed by atoms with Gasteiger partial charge in [0, 0.05) is 19.3 Å². The summed E-state index contributed by atoms with van der Waals surface area (Å²) in [5.74, 6) is -0.928. The number of hydrogen-bond donors (Lipinski definition) is 0. The summed E-state index contributed by atoms with van der Waals surface area (Å²) in [7, 11) is 0. The van der Waals surface area contributed by atoms with Crippen LogP contribution in [0.25, 0.3) is 0 Å². The van der Waals surface area contributed by atoms with E-state index in [0.29, 0.717) is 19.3 Å². The normalized spacial score (nSPS) is 12.5. The monoisotopic (exact) mass is 797 g/mol. The Morgan fingerprint density at radius 1 is 0.368 bits per heavy atom. The summed E-state index contributed by atoms with van der Waals surface area (Å²) in [6.07, 6.45) is 54.8. The lowest BCUT2D eigenvalue weighted by molar-refractivity contribution is -0.167. The van der Waals surface area contributed by atoms with Crippen molar-refractivity contribution in [3.8, 4) is 0 Å². The van der Waals surface area contributed by atoms with E-state index in [9.17, 15) is 14.4 Å². The molecule has 0 amide bonds. The quantitative estimate of drug-likeness (QED) is 0.0265. The molecule has 0 saturated heterocycles. The first-order chi connectivity index (χ1) is 28.0. The summed E-state index contributed by atoms with van der Waals surface area (Å²) in [4.78, 5) is 37.8. The van der Waals surface area contributed by atoms with Gasteiger partial charge in [-0.3, -0.25) is 14.4 Å². The summed E-state index contributed by atoms with van der Waals surface area (Å²) < 4.78 is 16.7. The predicted octanol–water partition coefficient (Wildman–Crippen LogP) is 15.3. The van der Waals surface area contributed by atoms with E-state index in [2.05, 4.69) is 32.9 Å². The van der Waals surface area contributed by atoms with Crippen molar-refractivity contribution in [2.75, 3.05) is 13.2 Å². The fourth-order valence-electron chi connectivity index (χ4n) is 6.58. The maximum Gasteiger partial charge on any atom is 0.306 e. The average Bonchev–Trinajstić information content (AvgIpc) is 3.21. The third-order valence-corrected chi connectivity index (χ3v) is 10.2. The Balaban J connectivity index is 4.43. The Kier molecular flexibility index (Phi) is 43.5. The molecule has 0 fully saturated rings. The molecule has 1 unspecified atom stereocenters. The van der Waals surface area contributed by atoms with Crippen LogP contribution in [0.15, 0.2) is 60.8 Å². The Labute approximate surface area is 351 Å². The average molecular weight is 797 g/mol. The molecule has 6 nitrogen and oxygen atoms in total. The lowest BCUT2D eigenvalue weighted by Crippen LogP contribution is -2.30. The first-order valence-electron chi connectivity index (χ1n) is 23.9. The molecule has 0 bridgehead atoms. The first kappa shape index (κ1) is 54.1. The van der Waals surface area contributed by atoms with Gasteiger partial charge in [-0.05, 0) is 38.5 Å². The van der Waals surface area contributed by atoms with E-state index >= 15 is 0 Å². The summed E-state index contributed by atoms with van der Waals surface area (Å²) in [6, 6.07) is 0. The van der Waals surface area contributed by atoms with E-state index < -0.39 is 6.10 Å². The topological polar surface area (TPSA) is 78.9 Å². The smallest absolute Gasteiger partial charge is 0.306 e. The number of esters is 3. The molecule has 57 heavy (non-hydrogen) atoms. The second-order valence-corrected chi connectivity index (χ2v) is 15.8. The van der Waals surface area contributed by atoms with Crippen molar-refractivity contribution in [1.82, 2.24) is 0 Å². The summed E-state index contributed by atoms with van der Waals surface area (Å²) >= 11 is 0. The third kappa shape index (κ3) is 44.1. The molecule has 6 heteroatoms. The van der Waals surface area contributed by atoms with Gasteiger partial charge in [-0.15, -0.1) is 0 Å². The van der Waals surface area contributed by atoms with Gasteiger partial charge in [-0.25, -0.2) is 0 Å². The van der Waals surface area contributed by atoms with Crippen LogP contribution in [-0.2, 0) is 28.6 Å². The highest BCUT2D eigenvalue weighted by molar-refractivity contribution is 5.71. The highest BCUT2D eigenvalue weighted by Gasteiger charge is 2.19. The Bertz CT molecular complexity index is 1050. The predicted molar refractivity (Wildman–Crippen MR) is 242 cm³/mol. The van der Waals surface area contributed by atoms with E-state index in [1.54, 1.807) is 0 Å². The highest BCUT2D eigenvalue weighted by Crippen LogP contribution is 2.15. The molecule has 0 N–H and O–H groups in total. The number of carbonyl (C=O) groups is 3. The molecule has 0 saturated carbocycles. The minimum absolute atomic E-state index is 0.0854. The van der Waals surface area contributed by atoms with Gasteiger partial charge in [-0.2, -0.15) is 0 Å². The first-order valence-corrected chi connectivity index (χ1v) is 23.9. The van der Waals surface area contributed by atoms with Crippen molar-refractivity contribution in [3.63, 3.8) is 0 Å². The molecule has 0 radical (unpaired) electrons. The van der Waals surface area contributed by atoms with Crippen molar-refractivity contribution in [1.29, 1.82) is 0 Å². The maximum absolute atomic E-state index is 12.7. The van der Waals surface area contributed by atoms with Gasteiger partial charge < -0.3 is 14.2 Å². The number of rotatable bonds is 42. The SMILES string of the molecule is CC\C=C/C=C\C=C/C=C\C=C/CCCCCC(=O)OCC(COC(=O)CCCCCCCCCCCC)OC(=O)CCCCCCCCCCCCCCCC. The number of ether oxygens (including phenoxy) is 3. The Morgan fingerprint density at radius 3 is 1.07 bits per heavy atom. The van der Waals surface area contributed by atoms with Crippen LogP contribution in [0.4, 0.5) is 0 Å². The molecule has 328 valence electrons. The lowest BCUT2D eigenvalue weighted by atomic mass is 10.0. The molecule has 0 rings (SSSR count). The Hall–Kier alpha value is -2.89. The maximum atomic E-state index is 12.7. The van der Waals surface area contributed by atoms with Crippen LogP contribution >= 0.6 is 0 Å². The van der Waals surface area contributed by atoms with Crippen LogP contribution in [0.1, 0.15) is 226 Å². The van der Waals surface area contributed by atoms with Crippen LogP contribution in [-0.4, -0.2) is 37.2 Å². The summed E-state index contributed by atoms with van der Waals surface area (Å²) in [6.45, 7) is 6.44. The molecule has 0 aromatic carbocycles. The zero-order chi connectivity index (χ0) is 41.5. The second kappa shape index (κ2) is 45.8. The molecule has 0 heterocycles. The number of allylic oxidation sites excluding steroid dienone is 10. The van der Waals surface area contributed by atoms with Crippen LogP contribution in [0.5, 0.6) is 0 Å². The van der Waals surface area contributed by atoms with Crippen LogP contribution < -0.4 is 0 Å². The highest BCUT2D eigenvalue weighted by atomic mass is 16.6.